The zero-order valence-electron chi connectivity index (χ0n) is 20.4. The van der Waals surface area contributed by atoms with Gasteiger partial charge in [0.1, 0.15) is 0 Å². The topological polar surface area (TPSA) is 18.5 Å². The molecule has 2 aliphatic heterocycles. The van der Waals surface area contributed by atoms with Gasteiger partial charge in [-0.1, -0.05) is 24.3 Å². The number of benzene rings is 4. The summed E-state index contributed by atoms with van der Waals surface area (Å²) in [6.45, 7) is 19.3. The van der Waals surface area contributed by atoms with E-state index in [0.29, 0.717) is 0 Å². The van der Waals surface area contributed by atoms with Crippen LogP contribution in [-0.2, 0) is 8.23 Å². The van der Waals surface area contributed by atoms with E-state index in [1.54, 1.807) is 20.7 Å². The standard InChI is InChI=1S/C26H32O2Si4/c1-29(2)23-21-15-19-13-17-11-9-10-12-18(17)14-20(19)16-22(21)24-26(25(23)31(5,6)27-29)32(7,8)28-30(24,3)4/h9-16H,1-8H3. The highest BCUT2D eigenvalue weighted by atomic mass is 28.4. The van der Waals surface area contributed by atoms with Crippen LogP contribution in [0.25, 0.3) is 32.3 Å². The summed E-state index contributed by atoms with van der Waals surface area (Å²) in [4.78, 5) is 0. The molecule has 6 heteroatoms. The molecule has 164 valence electrons. The third-order valence-corrected chi connectivity index (χ3v) is 23.3. The van der Waals surface area contributed by atoms with E-state index in [1.165, 1.54) is 32.3 Å². The van der Waals surface area contributed by atoms with Gasteiger partial charge < -0.3 is 8.23 Å². The summed E-state index contributed by atoms with van der Waals surface area (Å²) in [7, 11) is -8.01. The molecule has 6 rings (SSSR count). The lowest BCUT2D eigenvalue weighted by Gasteiger charge is -2.26. The number of hydrogen-bond donors (Lipinski definition) is 0. The maximum absolute atomic E-state index is 7.04. The van der Waals surface area contributed by atoms with Crippen LogP contribution < -0.4 is 20.7 Å². The minimum atomic E-state index is -2.01. The van der Waals surface area contributed by atoms with Crippen molar-refractivity contribution in [2.24, 2.45) is 0 Å². The van der Waals surface area contributed by atoms with Gasteiger partial charge in [0.15, 0.2) is 0 Å². The molecule has 0 aliphatic carbocycles. The summed E-state index contributed by atoms with van der Waals surface area (Å²) < 4.78 is 14.1. The first kappa shape index (κ1) is 21.0. The molecule has 0 amide bonds. The van der Waals surface area contributed by atoms with Crippen LogP contribution in [0.4, 0.5) is 0 Å². The molecular formula is C26H32O2Si4. The van der Waals surface area contributed by atoms with Crippen LogP contribution in [0.2, 0.25) is 52.4 Å². The molecule has 0 bridgehead atoms. The van der Waals surface area contributed by atoms with E-state index in [0.717, 1.165) is 0 Å². The van der Waals surface area contributed by atoms with Crippen LogP contribution in [0.1, 0.15) is 0 Å². The van der Waals surface area contributed by atoms with E-state index in [4.69, 9.17) is 8.23 Å². The summed E-state index contributed by atoms with van der Waals surface area (Å²) in [5.41, 5.74) is 0. The van der Waals surface area contributed by atoms with Gasteiger partial charge in [-0.3, -0.25) is 0 Å². The molecule has 0 radical (unpaired) electrons. The monoisotopic (exact) mass is 488 g/mol. The van der Waals surface area contributed by atoms with Gasteiger partial charge in [-0.05, 0) is 130 Å². The van der Waals surface area contributed by atoms with Gasteiger partial charge in [-0.15, -0.1) is 0 Å². The minimum absolute atomic E-state index is 1.31. The van der Waals surface area contributed by atoms with Crippen LogP contribution in [0.5, 0.6) is 0 Å². The fourth-order valence-corrected chi connectivity index (χ4v) is 30.5. The molecule has 4 aromatic rings. The Bertz CT molecular complexity index is 1370. The predicted molar refractivity (Wildman–Crippen MR) is 150 cm³/mol. The maximum atomic E-state index is 7.04. The van der Waals surface area contributed by atoms with Crippen LogP contribution in [0.3, 0.4) is 0 Å². The van der Waals surface area contributed by atoms with E-state index in [9.17, 15) is 0 Å². The molecule has 0 fully saturated rings. The van der Waals surface area contributed by atoms with Gasteiger partial charge in [0.25, 0.3) is 0 Å². The van der Waals surface area contributed by atoms with Crippen molar-refractivity contribution in [2.75, 3.05) is 0 Å². The number of fused-ring (bicyclic) bond motifs is 8. The Labute approximate surface area is 195 Å². The normalized spacial score (nSPS) is 21.9. The maximum Gasteiger partial charge on any atom is 0.206 e. The molecule has 32 heavy (non-hydrogen) atoms. The average Bonchev–Trinajstić information content (AvgIpc) is 2.99. The third kappa shape index (κ3) is 2.68. The highest BCUT2D eigenvalue weighted by molar-refractivity contribution is 7.15. The average molecular weight is 489 g/mol. The predicted octanol–water partition coefficient (Wildman–Crippen LogP) is 4.86. The first-order valence-electron chi connectivity index (χ1n) is 11.7. The minimum Gasteiger partial charge on any atom is -0.449 e. The summed E-state index contributed by atoms with van der Waals surface area (Å²) >= 11 is 0. The van der Waals surface area contributed by atoms with Crippen molar-refractivity contribution < 1.29 is 8.23 Å². The number of hydrogen-bond acceptors (Lipinski definition) is 2. The Morgan fingerprint density at radius 3 is 1.16 bits per heavy atom. The van der Waals surface area contributed by atoms with E-state index in [1.807, 2.05) is 0 Å². The van der Waals surface area contributed by atoms with Crippen LogP contribution in [0.15, 0.2) is 48.5 Å². The highest BCUT2D eigenvalue weighted by Crippen LogP contribution is 2.34. The Hall–Kier alpha value is -1.55. The van der Waals surface area contributed by atoms with Crippen LogP contribution >= 0.6 is 0 Å². The highest BCUT2D eigenvalue weighted by Gasteiger charge is 2.56. The van der Waals surface area contributed by atoms with Crippen molar-refractivity contribution in [2.45, 2.75) is 52.4 Å². The number of rotatable bonds is 0. The first-order chi connectivity index (χ1) is 14.8. The summed E-state index contributed by atoms with van der Waals surface area (Å²) in [5.74, 6) is 0. The van der Waals surface area contributed by atoms with Crippen molar-refractivity contribution in [3.63, 3.8) is 0 Å². The summed E-state index contributed by atoms with van der Waals surface area (Å²) in [5, 5.41) is 14.6. The zero-order chi connectivity index (χ0) is 22.8. The second kappa shape index (κ2) is 6.11. The Morgan fingerprint density at radius 1 is 0.438 bits per heavy atom. The molecule has 0 spiro atoms. The SMILES string of the molecule is C[Si]1(C)O[Si](C)(C)c2c1c1c(c3cc4cc5ccccc5cc4cc23)[Si](C)(C)O[Si]1(C)C. The molecule has 0 saturated heterocycles. The van der Waals surface area contributed by atoms with Gasteiger partial charge in [0.2, 0.25) is 33.3 Å². The first-order valence-corrected chi connectivity index (χ1v) is 23.3. The Kier molecular flexibility index (Phi) is 4.01. The Balaban J connectivity index is 1.88. The van der Waals surface area contributed by atoms with Crippen molar-refractivity contribution >= 4 is 86.3 Å². The molecule has 0 saturated carbocycles. The fourth-order valence-electron chi connectivity index (χ4n) is 6.86. The summed E-state index contributed by atoms with van der Waals surface area (Å²) in [6, 6.07) is 18.4. The van der Waals surface area contributed by atoms with Crippen molar-refractivity contribution in [3.8, 4) is 0 Å². The quantitative estimate of drug-likeness (QED) is 0.260. The van der Waals surface area contributed by atoms with Crippen molar-refractivity contribution in [1.82, 2.24) is 0 Å². The van der Waals surface area contributed by atoms with Crippen molar-refractivity contribution in [1.29, 1.82) is 0 Å². The van der Waals surface area contributed by atoms with Gasteiger partial charge in [0, 0.05) is 0 Å². The Morgan fingerprint density at radius 2 is 0.781 bits per heavy atom. The molecule has 0 N–H and O–H groups in total. The molecule has 0 unspecified atom stereocenters. The molecule has 0 aromatic heterocycles. The van der Waals surface area contributed by atoms with E-state index in [2.05, 4.69) is 101 Å². The van der Waals surface area contributed by atoms with Gasteiger partial charge in [-0.2, -0.15) is 0 Å². The van der Waals surface area contributed by atoms with Crippen LogP contribution in [-0.4, -0.2) is 33.3 Å². The smallest absolute Gasteiger partial charge is 0.206 e. The molecule has 4 aromatic carbocycles. The third-order valence-electron chi connectivity index (χ3n) is 7.56. The van der Waals surface area contributed by atoms with Gasteiger partial charge in [-0.25, -0.2) is 0 Å². The molecule has 0 atom stereocenters. The molecule has 2 nitrogen and oxygen atoms in total. The lowest BCUT2D eigenvalue weighted by Crippen LogP contribution is -2.64. The van der Waals surface area contributed by atoms with E-state index >= 15 is 0 Å². The van der Waals surface area contributed by atoms with Crippen LogP contribution in [0, 0.1) is 0 Å². The zero-order valence-corrected chi connectivity index (χ0v) is 24.4. The van der Waals surface area contributed by atoms with E-state index in [-0.39, 0.29) is 0 Å². The largest absolute Gasteiger partial charge is 0.449 e. The van der Waals surface area contributed by atoms with Gasteiger partial charge in [0.05, 0.1) is 0 Å². The summed E-state index contributed by atoms with van der Waals surface area (Å²) in [6.07, 6.45) is 0. The lowest BCUT2D eigenvalue weighted by atomic mass is 9.99. The fraction of sp³-hybridized carbons (Fsp3) is 0.308. The molecule has 2 heterocycles. The lowest BCUT2D eigenvalue weighted by molar-refractivity contribution is 0.580. The molecular weight excluding hydrogens is 457 g/mol. The van der Waals surface area contributed by atoms with Gasteiger partial charge >= 0.3 is 0 Å². The second-order valence-electron chi connectivity index (χ2n) is 11.7. The van der Waals surface area contributed by atoms with Crippen molar-refractivity contribution in [3.05, 3.63) is 48.5 Å². The molecule has 2 aliphatic rings. The van der Waals surface area contributed by atoms with E-state index < -0.39 is 33.3 Å². The second-order valence-corrected chi connectivity index (χ2v) is 27.4.